The predicted octanol–water partition coefficient (Wildman–Crippen LogP) is 3.75. The van der Waals surface area contributed by atoms with Crippen molar-refractivity contribution in [2.24, 2.45) is 0 Å². The number of hydrogen-bond donors (Lipinski definition) is 0. The van der Waals surface area contributed by atoms with Crippen molar-refractivity contribution in [3.63, 3.8) is 0 Å². The van der Waals surface area contributed by atoms with E-state index < -0.39 is 6.43 Å². The van der Waals surface area contributed by atoms with Gasteiger partial charge in [-0.3, -0.25) is 4.90 Å². The van der Waals surface area contributed by atoms with Gasteiger partial charge in [0.15, 0.2) is 0 Å². The lowest BCUT2D eigenvalue weighted by molar-refractivity contribution is 0.0881. The van der Waals surface area contributed by atoms with Crippen LogP contribution >= 0.6 is 38.5 Å². The van der Waals surface area contributed by atoms with E-state index in [4.69, 9.17) is 0 Å². The summed E-state index contributed by atoms with van der Waals surface area (Å²) in [5.41, 5.74) is 1.07. The van der Waals surface area contributed by atoms with Gasteiger partial charge in [-0.25, -0.2) is 8.78 Å². The van der Waals surface area contributed by atoms with E-state index >= 15 is 0 Å². The van der Waals surface area contributed by atoms with E-state index in [1.807, 2.05) is 24.3 Å². The molecule has 0 aliphatic carbocycles. The van der Waals surface area contributed by atoms with Crippen molar-refractivity contribution in [2.45, 2.75) is 13.0 Å². The molecule has 0 unspecified atom stereocenters. The van der Waals surface area contributed by atoms with Crippen molar-refractivity contribution in [2.75, 3.05) is 18.4 Å². The van der Waals surface area contributed by atoms with Crippen LogP contribution in [0.2, 0.25) is 0 Å². The van der Waals surface area contributed by atoms with Crippen LogP contribution in [-0.4, -0.2) is 29.7 Å². The molecule has 0 aliphatic heterocycles. The number of nitrogens with zero attached hydrogens (tertiary/aromatic N) is 1. The van der Waals surface area contributed by atoms with Gasteiger partial charge in [-0.05, 0) is 40.3 Å². The fourth-order valence-corrected chi connectivity index (χ4v) is 2.26. The first-order chi connectivity index (χ1) is 7.61. The molecular weight excluding hydrogens is 391 g/mol. The normalized spacial score (nSPS) is 11.4. The van der Waals surface area contributed by atoms with Crippen LogP contribution in [0.15, 0.2) is 24.3 Å². The minimum Gasteiger partial charge on any atom is -0.293 e. The third kappa shape index (κ3) is 5.54. The second kappa shape index (κ2) is 7.55. The monoisotopic (exact) mass is 403 g/mol. The Morgan fingerprint density at radius 2 is 1.88 bits per heavy atom. The van der Waals surface area contributed by atoms with Gasteiger partial charge >= 0.3 is 0 Å². The Morgan fingerprint density at radius 3 is 2.38 bits per heavy atom. The number of halogens is 4. The SMILES string of the molecule is FC(F)CN(CCBr)Cc1ccc(I)cc1. The Labute approximate surface area is 116 Å². The standard InChI is InChI=1S/C11H13BrF2IN/c12-5-6-16(8-11(13)14)7-9-1-3-10(15)4-2-9/h1-4,11H,5-8H2. The van der Waals surface area contributed by atoms with Gasteiger partial charge in [0, 0.05) is 22.0 Å². The molecule has 16 heavy (non-hydrogen) atoms. The summed E-state index contributed by atoms with van der Waals surface area (Å²) in [4.78, 5) is 1.75. The first-order valence-corrected chi connectivity index (χ1v) is 7.12. The Balaban J connectivity index is 2.56. The molecule has 0 atom stereocenters. The summed E-state index contributed by atoms with van der Waals surface area (Å²) >= 11 is 5.50. The van der Waals surface area contributed by atoms with Crippen LogP contribution in [0, 0.1) is 3.57 Å². The highest BCUT2D eigenvalue weighted by molar-refractivity contribution is 14.1. The van der Waals surface area contributed by atoms with E-state index in [2.05, 4.69) is 38.5 Å². The van der Waals surface area contributed by atoms with E-state index in [0.717, 1.165) is 9.13 Å². The molecule has 0 aliphatic rings. The van der Waals surface area contributed by atoms with Crippen LogP contribution < -0.4 is 0 Å². The first kappa shape index (κ1) is 14.3. The molecule has 0 saturated heterocycles. The molecule has 0 N–H and O–H groups in total. The summed E-state index contributed by atoms with van der Waals surface area (Å²) in [5, 5.41) is 0.712. The molecule has 5 heteroatoms. The fraction of sp³-hybridized carbons (Fsp3) is 0.455. The summed E-state index contributed by atoms with van der Waals surface area (Å²) in [6, 6.07) is 7.94. The summed E-state index contributed by atoms with van der Waals surface area (Å²) in [6.45, 7) is 1.04. The van der Waals surface area contributed by atoms with Crippen LogP contribution in [-0.2, 0) is 6.54 Å². The Bertz CT molecular complexity index is 305. The van der Waals surface area contributed by atoms with Crippen LogP contribution in [0.3, 0.4) is 0 Å². The van der Waals surface area contributed by atoms with Crippen molar-refractivity contribution in [1.29, 1.82) is 0 Å². The summed E-state index contributed by atoms with van der Waals surface area (Å²) in [5.74, 6) is 0. The largest absolute Gasteiger partial charge is 0.293 e. The highest BCUT2D eigenvalue weighted by Crippen LogP contribution is 2.10. The summed E-state index contributed by atoms with van der Waals surface area (Å²) in [7, 11) is 0. The van der Waals surface area contributed by atoms with E-state index in [1.54, 1.807) is 4.90 Å². The molecule has 0 amide bonds. The number of rotatable bonds is 6. The lowest BCUT2D eigenvalue weighted by Gasteiger charge is -2.20. The van der Waals surface area contributed by atoms with Gasteiger partial charge in [0.2, 0.25) is 0 Å². The lowest BCUT2D eigenvalue weighted by atomic mass is 10.2. The van der Waals surface area contributed by atoms with Gasteiger partial charge in [0.25, 0.3) is 6.43 Å². The average molecular weight is 404 g/mol. The fourth-order valence-electron chi connectivity index (χ4n) is 1.40. The van der Waals surface area contributed by atoms with Gasteiger partial charge in [0.1, 0.15) is 0 Å². The van der Waals surface area contributed by atoms with Crippen molar-refractivity contribution in [3.8, 4) is 0 Å². The molecule has 0 aromatic heterocycles. The third-order valence-corrected chi connectivity index (χ3v) is 3.19. The van der Waals surface area contributed by atoms with E-state index in [1.165, 1.54) is 0 Å². The predicted molar refractivity (Wildman–Crippen MR) is 74.2 cm³/mol. The van der Waals surface area contributed by atoms with E-state index in [0.29, 0.717) is 18.4 Å². The molecular formula is C11H13BrF2IN. The van der Waals surface area contributed by atoms with Gasteiger partial charge in [0.05, 0.1) is 6.54 Å². The van der Waals surface area contributed by atoms with Crippen molar-refractivity contribution < 1.29 is 8.78 Å². The third-order valence-electron chi connectivity index (χ3n) is 2.12. The Morgan fingerprint density at radius 1 is 1.25 bits per heavy atom. The first-order valence-electron chi connectivity index (χ1n) is 4.92. The van der Waals surface area contributed by atoms with Crippen molar-refractivity contribution >= 4 is 38.5 Å². The average Bonchev–Trinajstić information content (AvgIpc) is 2.21. The lowest BCUT2D eigenvalue weighted by Crippen LogP contribution is -2.30. The Hall–Kier alpha value is 0.250. The highest BCUT2D eigenvalue weighted by Gasteiger charge is 2.11. The van der Waals surface area contributed by atoms with E-state index in [9.17, 15) is 8.78 Å². The van der Waals surface area contributed by atoms with Crippen molar-refractivity contribution in [3.05, 3.63) is 33.4 Å². The maximum absolute atomic E-state index is 12.3. The minimum atomic E-state index is -2.28. The van der Waals surface area contributed by atoms with E-state index in [-0.39, 0.29) is 6.54 Å². The minimum absolute atomic E-state index is 0.169. The molecule has 0 heterocycles. The zero-order chi connectivity index (χ0) is 12.0. The van der Waals surface area contributed by atoms with Crippen LogP contribution in [0.5, 0.6) is 0 Å². The maximum Gasteiger partial charge on any atom is 0.251 e. The highest BCUT2D eigenvalue weighted by atomic mass is 127. The molecule has 0 saturated carbocycles. The van der Waals surface area contributed by atoms with Gasteiger partial charge in [-0.15, -0.1) is 0 Å². The number of hydrogen-bond acceptors (Lipinski definition) is 1. The molecule has 1 aromatic carbocycles. The number of alkyl halides is 3. The smallest absolute Gasteiger partial charge is 0.251 e. The van der Waals surface area contributed by atoms with Crippen molar-refractivity contribution in [1.82, 2.24) is 4.90 Å². The maximum atomic E-state index is 12.3. The topological polar surface area (TPSA) is 3.24 Å². The second-order valence-electron chi connectivity index (χ2n) is 3.44. The van der Waals surface area contributed by atoms with Gasteiger partial charge in [-0.2, -0.15) is 0 Å². The molecule has 1 aromatic rings. The molecule has 0 bridgehead atoms. The van der Waals surface area contributed by atoms with Crippen LogP contribution in [0.25, 0.3) is 0 Å². The van der Waals surface area contributed by atoms with Crippen LogP contribution in [0.4, 0.5) is 8.78 Å². The number of benzene rings is 1. The quantitative estimate of drug-likeness (QED) is 0.516. The molecule has 1 rings (SSSR count). The molecule has 90 valence electrons. The van der Waals surface area contributed by atoms with Gasteiger partial charge in [-0.1, -0.05) is 28.1 Å². The second-order valence-corrected chi connectivity index (χ2v) is 5.48. The molecule has 0 radical (unpaired) electrons. The van der Waals surface area contributed by atoms with Gasteiger partial charge < -0.3 is 0 Å². The molecule has 1 nitrogen and oxygen atoms in total. The zero-order valence-corrected chi connectivity index (χ0v) is 12.4. The Kier molecular flexibility index (Phi) is 6.75. The summed E-state index contributed by atoms with van der Waals surface area (Å²) < 4.78 is 25.8. The molecule has 0 fully saturated rings. The zero-order valence-electron chi connectivity index (χ0n) is 8.67. The summed E-state index contributed by atoms with van der Waals surface area (Å²) in [6.07, 6.45) is -2.28. The van der Waals surface area contributed by atoms with Crippen LogP contribution in [0.1, 0.15) is 5.56 Å². The molecule has 0 spiro atoms.